The van der Waals surface area contributed by atoms with Crippen molar-refractivity contribution in [3.05, 3.63) is 75.5 Å². The quantitative estimate of drug-likeness (QED) is 0.605. The van der Waals surface area contributed by atoms with Gasteiger partial charge in [0.05, 0.1) is 10.6 Å². The second-order valence-electron chi connectivity index (χ2n) is 5.41. The maximum Gasteiger partial charge on any atom is 0.264 e. The molecular weight excluding hydrogens is 386 g/mol. The first-order valence-corrected chi connectivity index (χ1v) is 9.81. The van der Waals surface area contributed by atoms with Gasteiger partial charge >= 0.3 is 0 Å². The summed E-state index contributed by atoms with van der Waals surface area (Å²) in [6.07, 6.45) is 1.82. The summed E-state index contributed by atoms with van der Waals surface area (Å²) < 4.78 is 0. The molecule has 2 heterocycles. The zero-order valence-electron chi connectivity index (χ0n) is 13.3. The van der Waals surface area contributed by atoms with E-state index in [-0.39, 0.29) is 5.91 Å². The molecule has 1 aromatic heterocycles. The van der Waals surface area contributed by atoms with Crippen LogP contribution in [0.5, 0.6) is 0 Å². The number of aromatic nitrogens is 1. The van der Waals surface area contributed by atoms with E-state index in [0.29, 0.717) is 20.2 Å². The van der Waals surface area contributed by atoms with Gasteiger partial charge in [0, 0.05) is 16.0 Å². The molecule has 4 nitrogen and oxygen atoms in total. The molecule has 0 unspecified atom stereocenters. The first-order chi connectivity index (χ1) is 12.7. The molecule has 0 radical (unpaired) electrons. The smallest absolute Gasteiger partial charge is 0.264 e. The third-order valence-corrected chi connectivity index (χ3v) is 5.47. The maximum atomic E-state index is 12.1. The van der Waals surface area contributed by atoms with Crippen LogP contribution in [-0.2, 0) is 4.79 Å². The van der Waals surface area contributed by atoms with E-state index in [1.165, 1.54) is 23.1 Å². The summed E-state index contributed by atoms with van der Waals surface area (Å²) in [6.45, 7) is 0. The number of aliphatic imine (C=N–C) groups is 1. The van der Waals surface area contributed by atoms with Gasteiger partial charge in [-0.1, -0.05) is 54.1 Å². The van der Waals surface area contributed by atoms with Gasteiger partial charge in [-0.2, -0.15) is 4.99 Å². The number of amidine groups is 1. The molecule has 2 aromatic carbocycles. The summed E-state index contributed by atoms with van der Waals surface area (Å²) in [7, 11) is 0. The van der Waals surface area contributed by atoms with Crippen molar-refractivity contribution in [3.8, 4) is 11.3 Å². The number of nitrogens with one attached hydrogen (secondary N) is 1. The van der Waals surface area contributed by atoms with Crippen molar-refractivity contribution < 1.29 is 4.79 Å². The van der Waals surface area contributed by atoms with E-state index < -0.39 is 0 Å². The zero-order chi connectivity index (χ0) is 17.9. The Kier molecular flexibility index (Phi) is 4.88. The number of halogens is 1. The normalized spacial score (nSPS) is 17.0. The Balaban J connectivity index is 1.53. The van der Waals surface area contributed by atoms with Crippen molar-refractivity contribution in [1.82, 2.24) is 10.3 Å². The molecule has 1 amide bonds. The average Bonchev–Trinajstić information content (AvgIpc) is 3.25. The molecule has 4 rings (SSSR count). The lowest BCUT2D eigenvalue weighted by atomic mass is 10.2. The van der Waals surface area contributed by atoms with Gasteiger partial charge in [-0.05, 0) is 35.5 Å². The number of carbonyl (C=O) groups is 1. The van der Waals surface area contributed by atoms with E-state index in [9.17, 15) is 4.79 Å². The summed E-state index contributed by atoms with van der Waals surface area (Å²) in [5.41, 5.74) is 2.83. The van der Waals surface area contributed by atoms with E-state index in [4.69, 9.17) is 11.6 Å². The van der Waals surface area contributed by atoms with Crippen LogP contribution in [0.1, 0.15) is 5.56 Å². The molecule has 1 aliphatic heterocycles. The molecule has 0 bridgehead atoms. The highest BCUT2D eigenvalue weighted by Crippen LogP contribution is 2.31. The standard InChI is InChI=1S/C19H12ClN3OS2/c20-14-8-6-12(7-9-14)10-16-17(24)22-19(26-16)23-18-21-15(11-25-18)13-4-2-1-3-5-13/h1-11H,(H,21,22,23,24). The summed E-state index contributed by atoms with van der Waals surface area (Å²) in [6, 6.07) is 17.2. The highest BCUT2D eigenvalue weighted by atomic mass is 35.5. The van der Waals surface area contributed by atoms with Crippen molar-refractivity contribution in [2.45, 2.75) is 0 Å². The fraction of sp³-hybridized carbons (Fsp3) is 0. The van der Waals surface area contributed by atoms with E-state index in [1.54, 1.807) is 12.1 Å². The number of amides is 1. The van der Waals surface area contributed by atoms with E-state index in [0.717, 1.165) is 16.8 Å². The van der Waals surface area contributed by atoms with E-state index >= 15 is 0 Å². The molecule has 1 saturated heterocycles. The minimum atomic E-state index is -0.163. The predicted molar refractivity (Wildman–Crippen MR) is 110 cm³/mol. The summed E-state index contributed by atoms with van der Waals surface area (Å²) in [5, 5.41) is 6.54. The maximum absolute atomic E-state index is 12.1. The first-order valence-electron chi connectivity index (χ1n) is 7.73. The van der Waals surface area contributed by atoms with Gasteiger partial charge in [0.2, 0.25) is 5.13 Å². The Morgan fingerprint density at radius 3 is 2.62 bits per heavy atom. The Hall–Kier alpha value is -2.41. The largest absolute Gasteiger partial charge is 0.300 e. The lowest BCUT2D eigenvalue weighted by Crippen LogP contribution is -2.19. The Bertz CT molecular complexity index is 1010. The lowest BCUT2D eigenvalue weighted by Gasteiger charge is -1.95. The molecule has 1 N–H and O–H groups in total. The molecule has 0 atom stereocenters. The van der Waals surface area contributed by atoms with Gasteiger partial charge in [-0.25, -0.2) is 4.98 Å². The minimum Gasteiger partial charge on any atom is -0.300 e. The average molecular weight is 398 g/mol. The number of thioether (sulfide) groups is 1. The first kappa shape index (κ1) is 17.0. The van der Waals surface area contributed by atoms with E-state index in [1.807, 2.05) is 53.9 Å². The number of nitrogens with zero attached hydrogens (tertiary/aromatic N) is 2. The van der Waals surface area contributed by atoms with Crippen molar-refractivity contribution in [2.24, 2.45) is 4.99 Å². The van der Waals surface area contributed by atoms with Crippen molar-refractivity contribution >= 4 is 57.0 Å². The van der Waals surface area contributed by atoms with Gasteiger partial charge in [-0.15, -0.1) is 11.3 Å². The van der Waals surface area contributed by atoms with Gasteiger partial charge < -0.3 is 5.32 Å². The fourth-order valence-corrected chi connectivity index (χ4v) is 4.04. The van der Waals surface area contributed by atoms with Crippen molar-refractivity contribution in [2.75, 3.05) is 0 Å². The number of thiazole rings is 1. The van der Waals surface area contributed by atoms with Crippen LogP contribution in [0.15, 0.2) is 69.9 Å². The molecule has 128 valence electrons. The molecular formula is C19H12ClN3OS2. The van der Waals surface area contributed by atoms with Crippen LogP contribution in [0.25, 0.3) is 17.3 Å². The van der Waals surface area contributed by atoms with Crippen molar-refractivity contribution in [3.63, 3.8) is 0 Å². The Morgan fingerprint density at radius 1 is 1.08 bits per heavy atom. The Labute approximate surface area is 163 Å². The molecule has 7 heteroatoms. The molecule has 26 heavy (non-hydrogen) atoms. The third-order valence-electron chi connectivity index (χ3n) is 3.58. The van der Waals surface area contributed by atoms with Gasteiger partial charge in [0.1, 0.15) is 0 Å². The third kappa shape index (κ3) is 3.88. The SMILES string of the molecule is O=C1NC(=Nc2nc(-c3ccccc3)cs2)SC1=Cc1ccc(Cl)cc1. The van der Waals surface area contributed by atoms with Crippen molar-refractivity contribution in [1.29, 1.82) is 0 Å². The molecule has 0 saturated carbocycles. The number of rotatable bonds is 3. The highest BCUT2D eigenvalue weighted by Gasteiger charge is 2.24. The fourth-order valence-electron chi connectivity index (χ4n) is 2.33. The highest BCUT2D eigenvalue weighted by molar-refractivity contribution is 8.18. The second-order valence-corrected chi connectivity index (χ2v) is 7.72. The monoisotopic (exact) mass is 397 g/mol. The summed E-state index contributed by atoms with van der Waals surface area (Å²) in [5.74, 6) is -0.163. The number of hydrogen-bond acceptors (Lipinski definition) is 5. The summed E-state index contributed by atoms with van der Waals surface area (Å²) in [4.78, 5) is 21.7. The minimum absolute atomic E-state index is 0.163. The number of benzene rings is 2. The number of carbonyl (C=O) groups excluding carboxylic acids is 1. The predicted octanol–water partition coefficient (Wildman–Crippen LogP) is 5.36. The molecule has 3 aromatic rings. The molecule has 1 fully saturated rings. The van der Waals surface area contributed by atoms with Gasteiger partial charge in [-0.3, -0.25) is 4.79 Å². The molecule has 0 aliphatic carbocycles. The van der Waals surface area contributed by atoms with Crippen LogP contribution in [-0.4, -0.2) is 16.1 Å². The molecule has 0 spiro atoms. The summed E-state index contributed by atoms with van der Waals surface area (Å²) >= 11 is 8.63. The van der Waals surface area contributed by atoms with Crippen LogP contribution < -0.4 is 5.32 Å². The number of hydrogen-bond donors (Lipinski definition) is 1. The molecule has 1 aliphatic rings. The zero-order valence-corrected chi connectivity index (χ0v) is 15.7. The van der Waals surface area contributed by atoms with Crippen LogP contribution in [0, 0.1) is 0 Å². The van der Waals surface area contributed by atoms with Crippen LogP contribution in [0.4, 0.5) is 5.13 Å². The lowest BCUT2D eigenvalue weighted by molar-refractivity contribution is -0.115. The van der Waals surface area contributed by atoms with E-state index in [2.05, 4.69) is 15.3 Å². The second kappa shape index (κ2) is 7.45. The van der Waals surface area contributed by atoms with Crippen LogP contribution in [0.3, 0.4) is 0 Å². The van der Waals surface area contributed by atoms with Crippen LogP contribution in [0.2, 0.25) is 5.02 Å². The Morgan fingerprint density at radius 2 is 1.85 bits per heavy atom. The van der Waals surface area contributed by atoms with Crippen LogP contribution >= 0.6 is 34.7 Å². The topological polar surface area (TPSA) is 54.4 Å². The van der Waals surface area contributed by atoms with Gasteiger partial charge in [0.15, 0.2) is 5.17 Å². The van der Waals surface area contributed by atoms with Gasteiger partial charge in [0.25, 0.3) is 5.91 Å².